The number of ether oxygens (including phenoxy) is 1. The highest BCUT2D eigenvalue weighted by atomic mass is 16.5. The lowest BCUT2D eigenvalue weighted by molar-refractivity contribution is -0.129. The number of rotatable bonds is 0. The van der Waals surface area contributed by atoms with Gasteiger partial charge < -0.3 is 20.1 Å². The van der Waals surface area contributed by atoms with Gasteiger partial charge in [-0.15, -0.1) is 0 Å². The van der Waals surface area contributed by atoms with Crippen LogP contribution in [0.4, 0.5) is 0 Å². The molecule has 0 spiro atoms. The monoisotopic (exact) mass is 222 g/mol. The summed E-state index contributed by atoms with van der Waals surface area (Å²) >= 11 is 0. The molecule has 1 aliphatic heterocycles. The maximum absolute atomic E-state index is 9.86. The predicted molar refractivity (Wildman–Crippen MR) is 56.2 cm³/mol. The van der Waals surface area contributed by atoms with Crippen molar-refractivity contribution in [1.29, 1.82) is 0 Å². The van der Waals surface area contributed by atoms with Gasteiger partial charge in [0.2, 0.25) is 0 Å². The molecule has 3 N–H and O–H groups in total. The molecular weight excluding hydrogens is 208 g/mol. The van der Waals surface area contributed by atoms with Gasteiger partial charge in [-0.3, -0.25) is 0 Å². The molecule has 0 bridgehead atoms. The number of aliphatic hydroxyl groups excluding tert-OH is 3. The van der Waals surface area contributed by atoms with E-state index in [2.05, 4.69) is 0 Å². The van der Waals surface area contributed by atoms with Crippen molar-refractivity contribution in [3.8, 4) is 5.75 Å². The maximum atomic E-state index is 9.86. The molecule has 3 rings (SSSR count). The summed E-state index contributed by atoms with van der Waals surface area (Å²) in [6, 6.07) is 7.57. The van der Waals surface area contributed by atoms with Gasteiger partial charge in [0.25, 0.3) is 0 Å². The highest BCUT2D eigenvalue weighted by Gasteiger charge is 2.48. The third kappa shape index (κ3) is 1.27. The second kappa shape index (κ2) is 3.45. The quantitative estimate of drug-likeness (QED) is 0.578. The molecule has 0 aromatic heterocycles. The second-order valence-electron chi connectivity index (χ2n) is 4.51. The van der Waals surface area contributed by atoms with Crippen LogP contribution in [0.3, 0.4) is 0 Å². The molecule has 0 amide bonds. The van der Waals surface area contributed by atoms with E-state index in [9.17, 15) is 15.3 Å². The molecule has 4 nitrogen and oxygen atoms in total. The third-order valence-electron chi connectivity index (χ3n) is 3.55. The lowest BCUT2D eigenvalue weighted by Crippen LogP contribution is -2.52. The largest absolute Gasteiger partial charge is 0.487 e. The van der Waals surface area contributed by atoms with Gasteiger partial charge >= 0.3 is 0 Å². The average Bonchev–Trinajstić information content (AvgIpc) is 2.65. The van der Waals surface area contributed by atoms with Crippen LogP contribution in [-0.4, -0.2) is 39.7 Å². The van der Waals surface area contributed by atoms with Crippen LogP contribution >= 0.6 is 0 Å². The summed E-state index contributed by atoms with van der Waals surface area (Å²) in [4.78, 5) is 0. The van der Waals surface area contributed by atoms with Gasteiger partial charge in [0.15, 0.2) is 0 Å². The molecular formula is C12H14O4. The minimum Gasteiger partial charge on any atom is -0.487 e. The van der Waals surface area contributed by atoms with Crippen molar-refractivity contribution in [2.24, 2.45) is 0 Å². The summed E-state index contributed by atoms with van der Waals surface area (Å²) in [5, 5.41) is 29.1. The van der Waals surface area contributed by atoms with Crippen LogP contribution < -0.4 is 4.74 Å². The molecule has 5 atom stereocenters. The molecule has 0 unspecified atom stereocenters. The Morgan fingerprint density at radius 1 is 1.06 bits per heavy atom. The Morgan fingerprint density at radius 3 is 2.62 bits per heavy atom. The van der Waals surface area contributed by atoms with Crippen LogP contribution in [0.2, 0.25) is 0 Å². The fourth-order valence-electron chi connectivity index (χ4n) is 2.69. The topological polar surface area (TPSA) is 69.9 Å². The Bertz CT molecular complexity index is 406. The first-order chi connectivity index (χ1) is 7.68. The van der Waals surface area contributed by atoms with Crippen molar-refractivity contribution in [1.82, 2.24) is 0 Å². The summed E-state index contributed by atoms with van der Waals surface area (Å²) in [7, 11) is 0. The van der Waals surface area contributed by atoms with Crippen molar-refractivity contribution in [3.63, 3.8) is 0 Å². The van der Waals surface area contributed by atoms with E-state index in [1.165, 1.54) is 0 Å². The van der Waals surface area contributed by atoms with E-state index in [-0.39, 0.29) is 5.92 Å². The van der Waals surface area contributed by atoms with Crippen molar-refractivity contribution < 1.29 is 20.1 Å². The SMILES string of the molecule is O[C@H]1[C@H](O)[C@H](O)C[C@@H]2c3ccccc3O[C@H]12. The number of para-hydroxylation sites is 1. The molecule has 1 aromatic rings. The molecule has 1 saturated carbocycles. The Balaban J connectivity index is 1.98. The van der Waals surface area contributed by atoms with Crippen molar-refractivity contribution in [2.75, 3.05) is 0 Å². The van der Waals surface area contributed by atoms with Crippen LogP contribution in [-0.2, 0) is 0 Å². The molecule has 1 fully saturated rings. The van der Waals surface area contributed by atoms with Gasteiger partial charge in [-0.25, -0.2) is 0 Å². The normalized spacial score (nSPS) is 41.1. The van der Waals surface area contributed by atoms with Crippen LogP contribution in [0, 0.1) is 0 Å². The van der Waals surface area contributed by atoms with Crippen molar-refractivity contribution >= 4 is 0 Å². The van der Waals surface area contributed by atoms with E-state index in [0.29, 0.717) is 6.42 Å². The molecule has 2 aliphatic rings. The molecule has 4 heteroatoms. The van der Waals surface area contributed by atoms with Crippen LogP contribution in [0.15, 0.2) is 24.3 Å². The fraction of sp³-hybridized carbons (Fsp3) is 0.500. The van der Waals surface area contributed by atoms with Crippen molar-refractivity contribution in [2.45, 2.75) is 36.8 Å². The van der Waals surface area contributed by atoms with Crippen LogP contribution in [0.1, 0.15) is 17.9 Å². The van der Waals surface area contributed by atoms with Crippen molar-refractivity contribution in [3.05, 3.63) is 29.8 Å². The fourth-order valence-corrected chi connectivity index (χ4v) is 2.69. The van der Waals surface area contributed by atoms with Gasteiger partial charge in [-0.1, -0.05) is 18.2 Å². The summed E-state index contributed by atoms with van der Waals surface area (Å²) < 4.78 is 5.62. The van der Waals surface area contributed by atoms with Gasteiger partial charge in [-0.05, 0) is 12.5 Å². The van der Waals surface area contributed by atoms with Crippen LogP contribution in [0.5, 0.6) is 5.75 Å². The zero-order valence-corrected chi connectivity index (χ0v) is 8.65. The number of benzene rings is 1. The summed E-state index contributed by atoms with van der Waals surface area (Å²) in [6.45, 7) is 0. The lowest BCUT2D eigenvalue weighted by atomic mass is 9.78. The lowest BCUT2D eigenvalue weighted by Gasteiger charge is -2.36. The molecule has 1 aliphatic carbocycles. The number of hydrogen-bond donors (Lipinski definition) is 3. The molecule has 0 radical (unpaired) electrons. The molecule has 0 saturated heterocycles. The standard InChI is InChI=1S/C12H14O4/c13-8-5-7-6-3-1-2-4-9(6)16-12(7)11(15)10(8)14/h1-4,7-8,10-15H,5H2/t7-,8-,10-,11+,12+/m1/s1. The highest BCUT2D eigenvalue weighted by Crippen LogP contribution is 2.45. The Hall–Kier alpha value is -1.10. The first-order valence-corrected chi connectivity index (χ1v) is 5.48. The Kier molecular flexibility index (Phi) is 2.17. The van der Waals surface area contributed by atoms with Gasteiger partial charge in [0.1, 0.15) is 24.1 Å². The van der Waals surface area contributed by atoms with Gasteiger partial charge in [0.05, 0.1) is 6.10 Å². The number of fused-ring (bicyclic) bond motifs is 3. The minimum atomic E-state index is -1.12. The number of aliphatic hydroxyl groups is 3. The summed E-state index contributed by atoms with van der Waals surface area (Å²) in [6.07, 6.45) is -3.03. The molecule has 86 valence electrons. The summed E-state index contributed by atoms with van der Waals surface area (Å²) in [5.74, 6) is 0.724. The van der Waals surface area contributed by atoms with E-state index in [4.69, 9.17) is 4.74 Å². The number of hydrogen-bond acceptors (Lipinski definition) is 4. The van der Waals surface area contributed by atoms with E-state index in [1.807, 2.05) is 24.3 Å². The van der Waals surface area contributed by atoms with Gasteiger partial charge in [-0.2, -0.15) is 0 Å². The van der Waals surface area contributed by atoms with E-state index < -0.39 is 24.4 Å². The van der Waals surface area contributed by atoms with E-state index in [1.54, 1.807) is 0 Å². The minimum absolute atomic E-state index is 0.0235. The average molecular weight is 222 g/mol. The Morgan fingerprint density at radius 2 is 1.81 bits per heavy atom. The first-order valence-electron chi connectivity index (χ1n) is 5.48. The summed E-state index contributed by atoms with van der Waals surface area (Å²) in [5.41, 5.74) is 1.01. The molecule has 1 heterocycles. The van der Waals surface area contributed by atoms with Gasteiger partial charge in [0, 0.05) is 11.5 Å². The molecule has 16 heavy (non-hydrogen) atoms. The zero-order chi connectivity index (χ0) is 11.3. The smallest absolute Gasteiger partial charge is 0.134 e. The zero-order valence-electron chi connectivity index (χ0n) is 8.65. The van der Waals surface area contributed by atoms with Crippen LogP contribution in [0.25, 0.3) is 0 Å². The Labute approximate surface area is 93.1 Å². The maximum Gasteiger partial charge on any atom is 0.134 e. The van der Waals surface area contributed by atoms with E-state index in [0.717, 1.165) is 11.3 Å². The second-order valence-corrected chi connectivity index (χ2v) is 4.51. The third-order valence-corrected chi connectivity index (χ3v) is 3.55. The van der Waals surface area contributed by atoms with E-state index >= 15 is 0 Å². The first kappa shape index (κ1) is 10.1. The molecule has 1 aromatic carbocycles. The predicted octanol–water partition coefficient (Wildman–Crippen LogP) is 0.0176. The highest BCUT2D eigenvalue weighted by molar-refractivity contribution is 5.42.